The molecule has 1 heterocycles. The Morgan fingerprint density at radius 2 is 2.19 bits per heavy atom. The van der Waals surface area contributed by atoms with Crippen LogP contribution in [-0.4, -0.2) is 43.8 Å². The second kappa shape index (κ2) is 6.58. The number of hydrogen-bond donors (Lipinski definition) is 1. The third-order valence-corrected chi connectivity index (χ3v) is 4.19. The van der Waals surface area contributed by atoms with E-state index in [2.05, 4.69) is 25.8 Å². The van der Waals surface area contributed by atoms with Gasteiger partial charge in [-0.1, -0.05) is 19.8 Å². The van der Waals surface area contributed by atoms with Gasteiger partial charge in [-0.2, -0.15) is 0 Å². The van der Waals surface area contributed by atoms with Gasteiger partial charge in [0.1, 0.15) is 0 Å². The Labute approximate surface area is 100 Å². The van der Waals surface area contributed by atoms with E-state index in [9.17, 15) is 0 Å². The molecule has 1 saturated heterocycles. The molecule has 1 aliphatic heterocycles. The molecule has 0 amide bonds. The lowest BCUT2D eigenvalue weighted by Crippen LogP contribution is -2.55. The zero-order chi connectivity index (χ0) is 12.0. The van der Waals surface area contributed by atoms with Crippen LogP contribution in [0.25, 0.3) is 0 Å². The largest absolute Gasteiger partial charge is 0.381 e. The first kappa shape index (κ1) is 13.9. The Morgan fingerprint density at radius 3 is 2.69 bits per heavy atom. The monoisotopic (exact) mass is 228 g/mol. The Kier molecular flexibility index (Phi) is 5.73. The van der Waals surface area contributed by atoms with Crippen LogP contribution in [0, 0.1) is 5.92 Å². The number of ether oxygens (including phenoxy) is 1. The normalized spacial score (nSPS) is 24.9. The van der Waals surface area contributed by atoms with E-state index in [-0.39, 0.29) is 5.54 Å². The summed E-state index contributed by atoms with van der Waals surface area (Å²) in [5.41, 5.74) is 6.11. The lowest BCUT2D eigenvalue weighted by atomic mass is 9.83. The van der Waals surface area contributed by atoms with Crippen molar-refractivity contribution in [3.8, 4) is 0 Å². The summed E-state index contributed by atoms with van der Waals surface area (Å²) in [5.74, 6) is 0.601. The fraction of sp³-hybridized carbons (Fsp3) is 1.00. The van der Waals surface area contributed by atoms with Crippen molar-refractivity contribution in [1.29, 1.82) is 0 Å². The first-order valence-electron chi connectivity index (χ1n) is 6.64. The summed E-state index contributed by atoms with van der Waals surface area (Å²) in [4.78, 5) is 2.45. The van der Waals surface area contributed by atoms with Crippen molar-refractivity contribution in [2.24, 2.45) is 11.7 Å². The van der Waals surface area contributed by atoms with Gasteiger partial charge in [0.05, 0.1) is 6.61 Å². The molecule has 16 heavy (non-hydrogen) atoms. The average molecular weight is 228 g/mol. The van der Waals surface area contributed by atoms with Gasteiger partial charge in [-0.15, -0.1) is 0 Å². The van der Waals surface area contributed by atoms with Crippen LogP contribution in [0.15, 0.2) is 0 Å². The molecule has 2 unspecified atom stereocenters. The number of rotatable bonds is 7. The van der Waals surface area contributed by atoms with Crippen molar-refractivity contribution >= 4 is 0 Å². The van der Waals surface area contributed by atoms with Crippen LogP contribution in [0.2, 0.25) is 0 Å². The Morgan fingerprint density at radius 1 is 1.44 bits per heavy atom. The van der Waals surface area contributed by atoms with E-state index in [0.717, 1.165) is 32.7 Å². The van der Waals surface area contributed by atoms with E-state index in [1.807, 2.05) is 0 Å². The van der Waals surface area contributed by atoms with Crippen LogP contribution in [0.3, 0.4) is 0 Å². The van der Waals surface area contributed by atoms with E-state index in [4.69, 9.17) is 10.5 Å². The van der Waals surface area contributed by atoms with Gasteiger partial charge in [-0.3, -0.25) is 4.90 Å². The predicted molar refractivity (Wildman–Crippen MR) is 68.5 cm³/mol. The maximum Gasteiger partial charge on any atom is 0.0513 e. The number of likely N-dealkylation sites (N-methyl/N-ethyl adjacent to an activating group) is 1. The third-order valence-electron chi connectivity index (χ3n) is 4.19. The zero-order valence-corrected chi connectivity index (χ0v) is 11.2. The fourth-order valence-corrected chi connectivity index (χ4v) is 2.51. The summed E-state index contributed by atoms with van der Waals surface area (Å²) in [6.45, 7) is 8.20. The highest BCUT2D eigenvalue weighted by Gasteiger charge is 2.38. The summed E-state index contributed by atoms with van der Waals surface area (Å²) >= 11 is 0. The third kappa shape index (κ3) is 3.19. The van der Waals surface area contributed by atoms with Gasteiger partial charge in [0, 0.05) is 24.6 Å². The lowest BCUT2D eigenvalue weighted by Gasteiger charge is -2.42. The summed E-state index contributed by atoms with van der Waals surface area (Å²) < 4.78 is 5.50. The van der Waals surface area contributed by atoms with Crippen molar-refractivity contribution in [3.63, 3.8) is 0 Å². The number of hydrogen-bond acceptors (Lipinski definition) is 3. The average Bonchev–Trinajstić information content (AvgIpc) is 2.82. The fourth-order valence-electron chi connectivity index (χ4n) is 2.51. The van der Waals surface area contributed by atoms with E-state index < -0.39 is 0 Å². The van der Waals surface area contributed by atoms with Gasteiger partial charge >= 0.3 is 0 Å². The molecular weight excluding hydrogens is 200 g/mol. The molecule has 1 fully saturated rings. The minimum Gasteiger partial charge on any atom is -0.381 e. The highest BCUT2D eigenvalue weighted by Crippen LogP contribution is 2.29. The van der Waals surface area contributed by atoms with Gasteiger partial charge in [-0.05, 0) is 33.4 Å². The van der Waals surface area contributed by atoms with Crippen molar-refractivity contribution in [1.82, 2.24) is 4.90 Å². The molecule has 0 aromatic rings. The Hall–Kier alpha value is -0.120. The number of nitrogens with zero attached hydrogens (tertiary/aromatic N) is 1. The summed E-state index contributed by atoms with van der Waals surface area (Å²) in [6, 6.07) is 0. The smallest absolute Gasteiger partial charge is 0.0513 e. The van der Waals surface area contributed by atoms with Crippen molar-refractivity contribution in [2.45, 2.75) is 45.1 Å². The Bertz CT molecular complexity index is 192. The molecule has 1 aliphatic rings. The summed E-state index contributed by atoms with van der Waals surface area (Å²) in [7, 11) is 2.21. The van der Waals surface area contributed by atoms with Crippen molar-refractivity contribution < 1.29 is 4.74 Å². The molecule has 2 atom stereocenters. The minimum atomic E-state index is 0.115. The van der Waals surface area contributed by atoms with Gasteiger partial charge in [0.2, 0.25) is 0 Å². The molecule has 0 aromatic heterocycles. The van der Waals surface area contributed by atoms with Crippen LogP contribution in [0.4, 0.5) is 0 Å². The topological polar surface area (TPSA) is 38.5 Å². The quantitative estimate of drug-likeness (QED) is 0.676. The molecule has 3 nitrogen and oxygen atoms in total. The molecule has 1 rings (SSSR count). The van der Waals surface area contributed by atoms with Crippen molar-refractivity contribution in [2.75, 3.05) is 33.4 Å². The molecule has 0 bridgehead atoms. The molecule has 0 spiro atoms. The molecular formula is C13H28N2O. The van der Waals surface area contributed by atoms with Crippen LogP contribution in [-0.2, 0) is 4.74 Å². The predicted octanol–water partition coefficient (Wildman–Crippen LogP) is 1.86. The molecule has 0 aliphatic carbocycles. The molecule has 3 heteroatoms. The van der Waals surface area contributed by atoms with Crippen LogP contribution in [0.5, 0.6) is 0 Å². The minimum absolute atomic E-state index is 0.115. The summed E-state index contributed by atoms with van der Waals surface area (Å²) in [6.07, 6.45) is 5.02. The Balaban J connectivity index is 2.48. The van der Waals surface area contributed by atoms with Crippen LogP contribution >= 0.6 is 0 Å². The maximum atomic E-state index is 5.99. The molecule has 0 saturated carbocycles. The molecule has 96 valence electrons. The van der Waals surface area contributed by atoms with E-state index in [0.29, 0.717) is 5.92 Å². The maximum absolute atomic E-state index is 5.99. The van der Waals surface area contributed by atoms with Gasteiger partial charge in [0.15, 0.2) is 0 Å². The van der Waals surface area contributed by atoms with Gasteiger partial charge in [-0.25, -0.2) is 0 Å². The molecule has 0 radical (unpaired) electrons. The number of unbranched alkanes of at least 4 members (excludes halogenated alkanes) is 2. The van der Waals surface area contributed by atoms with Crippen LogP contribution in [0.1, 0.15) is 39.5 Å². The first-order chi connectivity index (χ1) is 7.65. The zero-order valence-electron chi connectivity index (χ0n) is 11.2. The van der Waals surface area contributed by atoms with E-state index in [1.165, 1.54) is 19.3 Å². The molecule has 2 N–H and O–H groups in total. The van der Waals surface area contributed by atoms with E-state index >= 15 is 0 Å². The van der Waals surface area contributed by atoms with Crippen molar-refractivity contribution in [3.05, 3.63) is 0 Å². The van der Waals surface area contributed by atoms with Crippen LogP contribution < -0.4 is 5.73 Å². The van der Waals surface area contributed by atoms with Gasteiger partial charge < -0.3 is 10.5 Å². The molecule has 0 aromatic carbocycles. The van der Waals surface area contributed by atoms with E-state index in [1.54, 1.807) is 0 Å². The SMILES string of the molecule is CCCCCN(C)C(C)(CN)C1CCOC1. The second-order valence-electron chi connectivity index (χ2n) is 5.25. The first-order valence-corrected chi connectivity index (χ1v) is 6.64. The highest BCUT2D eigenvalue weighted by molar-refractivity contribution is 4.94. The van der Waals surface area contributed by atoms with Gasteiger partial charge in [0.25, 0.3) is 0 Å². The number of nitrogens with two attached hydrogens (primary N) is 1. The lowest BCUT2D eigenvalue weighted by molar-refractivity contribution is 0.0654. The second-order valence-corrected chi connectivity index (χ2v) is 5.25. The summed E-state index contributed by atoms with van der Waals surface area (Å²) in [5, 5.41) is 0. The standard InChI is InChI=1S/C13H28N2O/c1-4-5-6-8-15(3)13(2,11-14)12-7-9-16-10-12/h12H,4-11,14H2,1-3H3. The highest BCUT2D eigenvalue weighted by atomic mass is 16.5.